The Balaban J connectivity index is 0.000000724. The van der Waals surface area contributed by atoms with Gasteiger partial charge in [0.2, 0.25) is 11.6 Å². The summed E-state index contributed by atoms with van der Waals surface area (Å²) in [6.07, 6.45) is 4.04. The summed E-state index contributed by atoms with van der Waals surface area (Å²) in [5.74, 6) is -14.6. The first-order valence-corrected chi connectivity index (χ1v) is 38.5. The van der Waals surface area contributed by atoms with E-state index in [2.05, 4.69) is 56.1 Å². The van der Waals surface area contributed by atoms with Crippen LogP contribution in [0.1, 0.15) is 144 Å². The number of carbonyl (C=O) groups is 17. The molecule has 0 aliphatic rings. The van der Waals surface area contributed by atoms with E-state index in [1.54, 1.807) is 91.9 Å². The van der Waals surface area contributed by atoms with E-state index in [4.69, 9.17) is 0 Å². The third-order valence-corrected chi connectivity index (χ3v) is 17.5. The molecule has 0 aromatic heterocycles. The second kappa shape index (κ2) is 56.2. The van der Waals surface area contributed by atoms with Crippen molar-refractivity contribution in [1.29, 1.82) is 0 Å². The van der Waals surface area contributed by atoms with E-state index in [1.165, 1.54) is 46.8 Å². The number of carboxylic acids is 7. The molecule has 0 heterocycles. The lowest BCUT2D eigenvalue weighted by molar-refractivity contribution is -0.437. The van der Waals surface area contributed by atoms with Crippen LogP contribution in [0.5, 0.6) is 0 Å². The molecule has 0 spiro atoms. The molecule has 0 bridgehead atoms. The summed E-state index contributed by atoms with van der Waals surface area (Å²) in [6, 6.07) is 41.1. The van der Waals surface area contributed by atoms with Gasteiger partial charge in [-0.25, -0.2) is 0 Å². The lowest BCUT2D eigenvalue weighted by Gasteiger charge is -2.14. The molecule has 7 aromatic carbocycles. The molecule has 2 amide bonds. The lowest BCUT2D eigenvalue weighted by atomic mass is 10.0. The fourth-order valence-electron chi connectivity index (χ4n) is 10.2. The molecule has 24 N–H and O–H groups in total. The highest BCUT2D eigenvalue weighted by molar-refractivity contribution is 6.39. The Morgan fingerprint density at radius 2 is 0.589 bits per heavy atom. The zero-order chi connectivity index (χ0) is 94.3. The van der Waals surface area contributed by atoms with Crippen LogP contribution in [0.4, 0.5) is 20.2 Å². The second-order valence-corrected chi connectivity index (χ2v) is 28.9. The summed E-state index contributed by atoms with van der Waals surface area (Å²) in [7, 11) is 0. The minimum Gasteiger partial charge on any atom is -0.544 e. The number of Topliss-reactive ketones (excluding diaryl/α,β-unsaturated/α-hetero) is 8. The number of hydrogen-bond donors (Lipinski definition) is 10. The molecule has 0 saturated heterocycles. The molecule has 7 atom stereocenters. The van der Waals surface area contributed by atoms with Crippen molar-refractivity contribution in [1.82, 2.24) is 5.32 Å². The molecule has 668 valence electrons. The molecule has 0 fully saturated rings. The normalized spacial score (nSPS) is 12.1. The van der Waals surface area contributed by atoms with Gasteiger partial charge in [0, 0.05) is 113 Å². The van der Waals surface area contributed by atoms with Crippen LogP contribution in [-0.2, 0) is 136 Å². The average molecular weight is 1730 g/mol. The monoisotopic (exact) mass is 1730 g/mol. The molecular weight excluding hydrogens is 1620 g/mol. The zero-order valence-corrected chi connectivity index (χ0v) is 70.1. The van der Waals surface area contributed by atoms with Crippen LogP contribution >= 0.6 is 0 Å². The van der Waals surface area contributed by atoms with Crippen molar-refractivity contribution in [2.75, 3.05) is 23.7 Å². The van der Waals surface area contributed by atoms with Gasteiger partial charge in [0.25, 0.3) is 11.8 Å². The van der Waals surface area contributed by atoms with E-state index in [0.29, 0.717) is 54.5 Å². The number of hydrogen-bond acceptors (Lipinski definition) is 25. The van der Waals surface area contributed by atoms with Crippen molar-refractivity contribution < 1.29 is 166 Å². The molecule has 36 heteroatoms. The quantitative estimate of drug-likeness (QED) is 0.0126. The van der Waals surface area contributed by atoms with Gasteiger partial charge in [0.15, 0.2) is 5.78 Å². The number of halogens is 2. The fraction of sp³-hybridized carbons (Fsp3) is 0.330. The summed E-state index contributed by atoms with van der Waals surface area (Å²) in [6.45, 7) is 9.73. The van der Waals surface area contributed by atoms with Gasteiger partial charge in [0.1, 0.15) is 71.2 Å². The average Bonchev–Trinajstić information content (AvgIpc) is 0.824. The van der Waals surface area contributed by atoms with E-state index >= 15 is 0 Å². The zero-order valence-electron chi connectivity index (χ0n) is 70.1. The molecule has 0 saturated carbocycles. The Hall–Kier alpha value is -13.5. The third kappa shape index (κ3) is 46.3. The Bertz CT molecular complexity index is 4580. The molecule has 0 aliphatic heterocycles. The number of carboxylic acid groups (broad SMARTS) is 7. The van der Waals surface area contributed by atoms with Gasteiger partial charge in [-0.3, -0.25) is 38.4 Å². The highest BCUT2D eigenvalue weighted by atomic mass is 19.3. The molecule has 7 aromatic rings. The number of ketones is 8. The van der Waals surface area contributed by atoms with E-state index in [1.807, 2.05) is 60.7 Å². The fourth-order valence-corrected chi connectivity index (χ4v) is 10.2. The van der Waals surface area contributed by atoms with Crippen molar-refractivity contribution in [2.45, 2.75) is 174 Å². The Labute approximate surface area is 713 Å². The Morgan fingerprint density at radius 1 is 0.315 bits per heavy atom. The topological polar surface area (TPSA) is 681 Å². The minimum atomic E-state index is -3.52. The predicted octanol–water partition coefficient (Wildman–Crippen LogP) is -9.14. The smallest absolute Gasteiger partial charge is 0.330 e. The van der Waals surface area contributed by atoms with E-state index in [-0.39, 0.29) is 92.2 Å². The number of amides is 2. The van der Waals surface area contributed by atoms with Crippen LogP contribution in [0.3, 0.4) is 0 Å². The number of nitrogens with one attached hydrogen (secondary N) is 3. The number of rotatable bonds is 40. The Kier molecular flexibility index (Phi) is 49.2. The molecule has 124 heavy (non-hydrogen) atoms. The van der Waals surface area contributed by atoms with Gasteiger partial charge < -0.3 is 135 Å². The van der Waals surface area contributed by atoms with Gasteiger partial charge in [-0.05, 0) is 128 Å². The number of anilines is 2. The molecule has 7 rings (SSSR count). The number of alkyl halides is 2. The summed E-state index contributed by atoms with van der Waals surface area (Å²) in [4.78, 5) is 184. The maximum atomic E-state index is 13.3. The van der Waals surface area contributed by atoms with Crippen LogP contribution < -0.4 is 91.8 Å². The first-order chi connectivity index (χ1) is 57.9. The van der Waals surface area contributed by atoms with E-state index < -0.39 is 113 Å². The number of aliphatic carboxylic acids is 7. The first kappa shape index (κ1) is 109. The Morgan fingerprint density at radius 3 is 0.871 bits per heavy atom. The van der Waals surface area contributed by atoms with E-state index in [9.17, 15) is 126 Å². The van der Waals surface area contributed by atoms with Gasteiger partial charge in [-0.2, -0.15) is 8.78 Å². The van der Waals surface area contributed by atoms with Crippen molar-refractivity contribution in [3.63, 3.8) is 0 Å². The largest absolute Gasteiger partial charge is 0.544 e. The van der Waals surface area contributed by atoms with Crippen LogP contribution in [0, 0.1) is 0 Å². The summed E-state index contributed by atoms with van der Waals surface area (Å²) in [5, 5.41) is 81.5. The first-order valence-electron chi connectivity index (χ1n) is 38.5. The predicted molar refractivity (Wildman–Crippen MR) is 427 cm³/mol. The van der Waals surface area contributed by atoms with E-state index in [0.717, 1.165) is 75.7 Å². The standard InChI is InChI=1S/C14H17NO4.C13H16N2O4.C13H17NO3.C12H13F2NO3.C12H14N2O4.C12H16N2O3.C12H15NO3/c1-9(16)2-7-13(17)11-5-3-10(4-6-11)8-12(15)14(18)19;1-8(16)7-15-12(17)10-4-2-9(3-5-10)6-11(14)13(18)19;1-9(15)2-3-10-4-6-11(7-5-10)8-12(14)13(16)17;1-7(16)12(13,14)9-4-2-8(3-5-9)6-10(15)11(17)18;1-7(15)11(16)14-9-4-2-8(3-5-9)6-10(13)12(17)18;1-8(15)7-14-10-4-2-9(3-5-10)6-11(13)12(16)17;1-8(14)6-9-2-4-10(5-3-9)7-11(13)12(15)16/h3-6,12H,2,7-8,15H2,1H3,(H,18,19);2-5,11H,6-7,14H2,1H3,(H,15,17)(H,18,19);4-7,12H,2-3,8,14H2,1H3,(H,16,17);2-5,10H,6,15H2,1H3,(H,17,18);2-5,10H,6,13H2,1H3,(H,14,16)(H,17,18);2-5,11,14H,6-7,13H2,1H3,(H,16,17);2-5,11H,6-7,13H2,1H3,(H,15,16)/t12-;11-;12-;2*10-;2*11-/m0000000/s1. The SMILES string of the molecule is CC(=O)C(=O)Nc1ccc(C[C@H]([NH3+])C(=O)[O-])cc1.CC(=O)C(F)(F)c1ccc(C[C@H]([NH3+])C(=O)[O-])cc1.CC(=O)CCC(=O)c1ccc(C[C@H]([NH3+])C(=O)[O-])cc1.CC(=O)CCc1ccc(C[C@H]([NH3+])C(=O)[O-])cc1.CC(=O)CNC(=O)c1ccc(C[C@H]([NH3+])C(=O)[O-])cc1.CC(=O)CNc1ccc(C[C@H]([NH3+])C(=O)[O-])cc1.CC(=O)Cc1ccc(C[C@H]([NH3+])C(=O)[O-])cc1. The maximum Gasteiger partial charge on any atom is 0.330 e. The number of quaternary nitrogens is 7. The minimum absolute atomic E-state index is 0.00772. The van der Waals surface area contributed by atoms with Crippen molar-refractivity contribution in [2.24, 2.45) is 0 Å². The van der Waals surface area contributed by atoms with Crippen LogP contribution in [-0.4, -0.2) is 155 Å². The van der Waals surface area contributed by atoms with Crippen LogP contribution in [0.2, 0.25) is 0 Å². The summed E-state index contributed by atoms with van der Waals surface area (Å²) < 4.78 is 26.7. The van der Waals surface area contributed by atoms with Gasteiger partial charge >= 0.3 is 5.92 Å². The second-order valence-electron chi connectivity index (χ2n) is 28.9. The van der Waals surface area contributed by atoms with Crippen molar-refractivity contribution in [3.8, 4) is 0 Å². The summed E-state index contributed by atoms with van der Waals surface area (Å²) >= 11 is 0. The summed E-state index contributed by atoms with van der Waals surface area (Å²) in [5.41, 5.74) is 33.6. The van der Waals surface area contributed by atoms with Crippen LogP contribution in [0.15, 0.2) is 170 Å². The molecule has 0 radical (unpaired) electrons. The highest BCUT2D eigenvalue weighted by Crippen LogP contribution is 2.29. The van der Waals surface area contributed by atoms with Crippen LogP contribution in [0.25, 0.3) is 0 Å². The molecular formula is C88H108F2N10O24. The van der Waals surface area contributed by atoms with Gasteiger partial charge in [0.05, 0.1) is 54.9 Å². The molecule has 34 nitrogen and oxygen atoms in total. The number of aryl methyl sites for hydroxylation is 1. The van der Waals surface area contributed by atoms with Crippen molar-refractivity contribution in [3.05, 3.63) is 237 Å². The van der Waals surface area contributed by atoms with Gasteiger partial charge in [-0.15, -0.1) is 0 Å². The highest BCUT2D eigenvalue weighted by Gasteiger charge is 2.37. The molecule has 0 unspecified atom stereocenters. The van der Waals surface area contributed by atoms with Gasteiger partial charge in [-0.1, -0.05) is 133 Å². The number of carbonyl (C=O) groups excluding carboxylic acids is 17. The lowest BCUT2D eigenvalue weighted by Crippen LogP contribution is -2.69. The molecule has 0 aliphatic carbocycles. The maximum absolute atomic E-state index is 13.3. The van der Waals surface area contributed by atoms with Crippen molar-refractivity contribution >= 4 is 111 Å². The number of benzene rings is 7. The third-order valence-electron chi connectivity index (χ3n) is 17.5.